The van der Waals surface area contributed by atoms with E-state index in [4.69, 9.17) is 4.74 Å². The van der Waals surface area contributed by atoms with Gasteiger partial charge in [0.15, 0.2) is 0 Å². The maximum absolute atomic E-state index is 13.7. The molecule has 1 N–H and O–H groups in total. The van der Waals surface area contributed by atoms with E-state index in [9.17, 15) is 17.6 Å². The van der Waals surface area contributed by atoms with Crippen molar-refractivity contribution in [1.29, 1.82) is 0 Å². The highest BCUT2D eigenvalue weighted by molar-refractivity contribution is 7.89. The van der Waals surface area contributed by atoms with Crippen molar-refractivity contribution in [2.75, 3.05) is 0 Å². The van der Waals surface area contributed by atoms with Gasteiger partial charge in [0.2, 0.25) is 10.0 Å². The Bertz CT molecular complexity index is 1020. The van der Waals surface area contributed by atoms with Gasteiger partial charge >= 0.3 is 5.97 Å². The van der Waals surface area contributed by atoms with Gasteiger partial charge in [-0.1, -0.05) is 24.3 Å². The normalized spacial score (nSPS) is 12.8. The Labute approximate surface area is 153 Å². The average molecular weight is 394 g/mol. The number of benzene rings is 2. The molecule has 3 rings (SSSR count). The van der Waals surface area contributed by atoms with Crippen molar-refractivity contribution in [1.82, 2.24) is 9.71 Å². The summed E-state index contributed by atoms with van der Waals surface area (Å²) in [5, 5.41) is 0.601. The quantitative estimate of drug-likeness (QED) is 0.650. The third-order valence-corrected chi connectivity index (χ3v) is 6.07. The number of aromatic nitrogens is 1. The highest BCUT2D eigenvalue weighted by Gasteiger charge is 2.25. The predicted octanol–water partition coefficient (Wildman–Crippen LogP) is 2.85. The highest BCUT2D eigenvalue weighted by Crippen LogP contribution is 2.22. The van der Waals surface area contributed by atoms with Gasteiger partial charge < -0.3 is 4.74 Å². The average Bonchev–Trinajstić information content (AvgIpc) is 3.02. The molecule has 1 atom stereocenters. The van der Waals surface area contributed by atoms with Gasteiger partial charge in [-0.05, 0) is 31.2 Å². The summed E-state index contributed by atoms with van der Waals surface area (Å²) in [5.74, 6) is -1.67. The fourth-order valence-corrected chi connectivity index (χ4v) is 4.40. The molecule has 136 valence electrons. The van der Waals surface area contributed by atoms with Crippen LogP contribution in [0.5, 0.6) is 0 Å². The second-order valence-corrected chi connectivity index (χ2v) is 8.25. The number of hydrogen-bond acceptors (Lipinski definition) is 6. The number of para-hydroxylation sites is 1. The van der Waals surface area contributed by atoms with Gasteiger partial charge in [0.05, 0.1) is 10.2 Å². The summed E-state index contributed by atoms with van der Waals surface area (Å²) in [7, 11) is -4.18. The smallest absolute Gasteiger partial charge is 0.324 e. The Morgan fingerprint density at radius 1 is 1.23 bits per heavy atom. The molecule has 0 saturated heterocycles. The first-order chi connectivity index (χ1) is 12.4. The lowest BCUT2D eigenvalue weighted by molar-refractivity contribution is -0.146. The Hall–Kier alpha value is -2.36. The van der Waals surface area contributed by atoms with Gasteiger partial charge in [-0.15, -0.1) is 11.3 Å². The van der Waals surface area contributed by atoms with Crippen LogP contribution in [0.25, 0.3) is 10.2 Å². The molecule has 2 aromatic carbocycles. The van der Waals surface area contributed by atoms with Crippen LogP contribution in [-0.2, 0) is 26.2 Å². The summed E-state index contributed by atoms with van der Waals surface area (Å²) in [4.78, 5) is 15.9. The Morgan fingerprint density at radius 3 is 2.65 bits per heavy atom. The summed E-state index contributed by atoms with van der Waals surface area (Å²) in [5.41, 5.74) is 0.803. The van der Waals surface area contributed by atoms with E-state index < -0.39 is 32.7 Å². The van der Waals surface area contributed by atoms with E-state index in [2.05, 4.69) is 9.71 Å². The molecule has 0 aliphatic heterocycles. The molecule has 0 fully saturated rings. The van der Waals surface area contributed by atoms with Crippen molar-refractivity contribution in [3.05, 3.63) is 59.4 Å². The summed E-state index contributed by atoms with van der Waals surface area (Å²) in [6.07, 6.45) is 0. The van der Waals surface area contributed by atoms with Crippen molar-refractivity contribution in [2.24, 2.45) is 0 Å². The lowest BCUT2D eigenvalue weighted by Gasteiger charge is -2.13. The molecule has 0 amide bonds. The molecule has 0 bridgehead atoms. The fourth-order valence-electron chi connectivity index (χ4n) is 2.25. The molecule has 26 heavy (non-hydrogen) atoms. The number of hydrogen-bond donors (Lipinski definition) is 1. The van der Waals surface area contributed by atoms with Crippen LogP contribution < -0.4 is 4.72 Å². The van der Waals surface area contributed by atoms with Crippen LogP contribution in [0.2, 0.25) is 0 Å². The zero-order chi connectivity index (χ0) is 18.7. The van der Waals surface area contributed by atoms with Crippen LogP contribution in [-0.4, -0.2) is 25.4 Å². The number of rotatable bonds is 6. The van der Waals surface area contributed by atoms with Crippen LogP contribution >= 0.6 is 11.3 Å². The second-order valence-electron chi connectivity index (χ2n) is 5.46. The van der Waals surface area contributed by atoms with Crippen molar-refractivity contribution < 1.29 is 22.3 Å². The summed E-state index contributed by atoms with van der Waals surface area (Å²) >= 11 is 1.39. The maximum atomic E-state index is 13.7. The van der Waals surface area contributed by atoms with Gasteiger partial charge in [0.1, 0.15) is 28.4 Å². The first kappa shape index (κ1) is 18.4. The van der Waals surface area contributed by atoms with Crippen molar-refractivity contribution in [2.45, 2.75) is 24.5 Å². The lowest BCUT2D eigenvalue weighted by atomic mass is 10.3. The van der Waals surface area contributed by atoms with Gasteiger partial charge in [0.25, 0.3) is 0 Å². The van der Waals surface area contributed by atoms with Crippen molar-refractivity contribution in [3.8, 4) is 0 Å². The number of nitrogens with one attached hydrogen (secondary N) is 1. The SMILES string of the molecule is C[C@@H](NS(=O)(=O)c1ccccc1F)C(=O)OCc1nc2ccccc2s1. The number of ether oxygens (including phenoxy) is 1. The number of fused-ring (bicyclic) bond motifs is 1. The first-order valence-electron chi connectivity index (χ1n) is 7.65. The van der Waals surface area contributed by atoms with Gasteiger partial charge in [-0.3, -0.25) is 4.79 Å². The molecule has 0 spiro atoms. The lowest BCUT2D eigenvalue weighted by Crippen LogP contribution is -2.39. The van der Waals surface area contributed by atoms with E-state index in [0.29, 0.717) is 5.01 Å². The van der Waals surface area contributed by atoms with Gasteiger partial charge in [-0.25, -0.2) is 17.8 Å². The van der Waals surface area contributed by atoms with E-state index in [-0.39, 0.29) is 6.61 Å². The topological polar surface area (TPSA) is 85.4 Å². The predicted molar refractivity (Wildman–Crippen MR) is 95.6 cm³/mol. The highest BCUT2D eigenvalue weighted by atomic mass is 32.2. The van der Waals surface area contributed by atoms with E-state index in [0.717, 1.165) is 22.3 Å². The number of carbonyl (C=O) groups is 1. The van der Waals surface area contributed by atoms with E-state index in [1.807, 2.05) is 24.3 Å². The molecule has 0 unspecified atom stereocenters. The molecule has 0 aliphatic rings. The third-order valence-electron chi connectivity index (χ3n) is 3.49. The molecule has 0 aliphatic carbocycles. The van der Waals surface area contributed by atoms with Crippen LogP contribution in [0.15, 0.2) is 53.4 Å². The number of nitrogens with zero attached hydrogens (tertiary/aromatic N) is 1. The van der Waals surface area contributed by atoms with Crippen LogP contribution in [0.3, 0.4) is 0 Å². The maximum Gasteiger partial charge on any atom is 0.324 e. The molecular weight excluding hydrogens is 379 g/mol. The van der Waals surface area contributed by atoms with Crippen LogP contribution in [0.1, 0.15) is 11.9 Å². The van der Waals surface area contributed by atoms with Crippen LogP contribution in [0, 0.1) is 5.82 Å². The van der Waals surface area contributed by atoms with Crippen LogP contribution in [0.4, 0.5) is 4.39 Å². The standard InChI is InChI=1S/C17H15FN2O4S2/c1-11(20-26(22,23)15-9-5-2-6-12(15)18)17(21)24-10-16-19-13-7-3-4-8-14(13)25-16/h2-9,11,20H,10H2,1H3/t11-/m1/s1. The minimum atomic E-state index is -4.18. The summed E-state index contributed by atoms with van der Waals surface area (Å²) in [6.45, 7) is 1.27. The zero-order valence-corrected chi connectivity index (χ0v) is 15.3. The number of thiazole rings is 1. The van der Waals surface area contributed by atoms with E-state index >= 15 is 0 Å². The number of halogens is 1. The molecule has 1 heterocycles. The summed E-state index contributed by atoms with van der Waals surface area (Å²) in [6, 6.07) is 11.3. The molecule has 0 saturated carbocycles. The Balaban J connectivity index is 1.63. The van der Waals surface area contributed by atoms with Gasteiger partial charge in [-0.2, -0.15) is 4.72 Å². The molecule has 6 nitrogen and oxygen atoms in total. The van der Waals surface area contributed by atoms with Crippen molar-refractivity contribution >= 4 is 37.5 Å². The Morgan fingerprint density at radius 2 is 1.92 bits per heavy atom. The number of esters is 1. The second kappa shape index (κ2) is 7.48. The summed E-state index contributed by atoms with van der Waals surface area (Å²) < 4.78 is 46.2. The van der Waals surface area contributed by atoms with E-state index in [1.165, 1.54) is 30.4 Å². The fraction of sp³-hybridized carbons (Fsp3) is 0.176. The largest absolute Gasteiger partial charge is 0.457 e. The molecule has 1 aromatic heterocycles. The molecular formula is C17H15FN2O4S2. The van der Waals surface area contributed by atoms with Crippen molar-refractivity contribution in [3.63, 3.8) is 0 Å². The zero-order valence-electron chi connectivity index (χ0n) is 13.7. The van der Waals surface area contributed by atoms with Gasteiger partial charge in [0, 0.05) is 0 Å². The first-order valence-corrected chi connectivity index (χ1v) is 9.95. The minimum absolute atomic E-state index is 0.0655. The van der Waals surface area contributed by atoms with E-state index in [1.54, 1.807) is 0 Å². The molecule has 3 aromatic rings. The molecule has 9 heteroatoms. The minimum Gasteiger partial charge on any atom is -0.457 e. The number of carbonyl (C=O) groups excluding carboxylic acids is 1. The number of sulfonamides is 1. The molecule has 0 radical (unpaired) electrons. The monoisotopic (exact) mass is 394 g/mol. The third kappa shape index (κ3) is 4.06. The Kier molecular flexibility index (Phi) is 5.30.